The van der Waals surface area contributed by atoms with Crippen molar-refractivity contribution in [2.75, 3.05) is 21.3 Å². The summed E-state index contributed by atoms with van der Waals surface area (Å²) in [6.45, 7) is 1.33. The Morgan fingerprint density at radius 1 is 0.929 bits per heavy atom. The van der Waals surface area contributed by atoms with E-state index in [4.69, 9.17) is 14.2 Å². The summed E-state index contributed by atoms with van der Waals surface area (Å²) in [5, 5.41) is 4.11. The molecule has 0 aliphatic carbocycles. The number of methoxy groups -OCH3 is 3. The molecule has 0 spiro atoms. The highest BCUT2D eigenvalue weighted by Gasteiger charge is 2.21. The van der Waals surface area contributed by atoms with Crippen LogP contribution in [-0.2, 0) is 0 Å². The molecule has 8 heteroatoms. The van der Waals surface area contributed by atoms with Gasteiger partial charge in [0.1, 0.15) is 0 Å². The molecule has 0 N–H and O–H groups in total. The van der Waals surface area contributed by atoms with Crippen LogP contribution in [0, 0.1) is 11.6 Å². The molecule has 3 rings (SSSR count). The van der Waals surface area contributed by atoms with Crippen molar-refractivity contribution >= 4 is 5.91 Å². The number of carbonyl (C=O) groups is 1. The van der Waals surface area contributed by atoms with E-state index in [0.29, 0.717) is 39.6 Å². The molecule has 0 atom stereocenters. The number of benzene rings is 2. The van der Waals surface area contributed by atoms with Crippen molar-refractivity contribution in [1.29, 1.82) is 0 Å². The maximum Gasteiger partial charge on any atom is 0.244 e. The summed E-state index contributed by atoms with van der Waals surface area (Å²) in [5.74, 6) is -1.16. The minimum atomic E-state index is -1.02. The number of hydrogen-bond donors (Lipinski definition) is 0. The summed E-state index contributed by atoms with van der Waals surface area (Å²) in [6.07, 6.45) is 1.47. The molecule has 2 aromatic carbocycles. The smallest absolute Gasteiger partial charge is 0.244 e. The quantitative estimate of drug-likeness (QED) is 0.656. The zero-order chi connectivity index (χ0) is 20.4. The summed E-state index contributed by atoms with van der Waals surface area (Å²) < 4.78 is 44.4. The van der Waals surface area contributed by atoms with Crippen LogP contribution in [0.1, 0.15) is 11.7 Å². The predicted molar refractivity (Wildman–Crippen MR) is 99.0 cm³/mol. The van der Waals surface area contributed by atoms with Gasteiger partial charge >= 0.3 is 0 Å². The third-order valence-corrected chi connectivity index (χ3v) is 4.24. The second-order valence-electron chi connectivity index (χ2n) is 5.88. The number of halogens is 2. The molecule has 0 bridgehead atoms. The number of nitrogens with zero attached hydrogens (tertiary/aromatic N) is 2. The lowest BCUT2D eigenvalue weighted by molar-refractivity contribution is 0.0923. The van der Waals surface area contributed by atoms with Crippen molar-refractivity contribution < 1.29 is 27.8 Å². The highest BCUT2D eigenvalue weighted by molar-refractivity contribution is 5.89. The monoisotopic (exact) mass is 388 g/mol. The fourth-order valence-electron chi connectivity index (χ4n) is 2.96. The van der Waals surface area contributed by atoms with Gasteiger partial charge in [-0.3, -0.25) is 4.79 Å². The largest absolute Gasteiger partial charge is 0.493 e. The van der Waals surface area contributed by atoms with Crippen LogP contribution in [0.5, 0.6) is 17.2 Å². The molecule has 146 valence electrons. The predicted octanol–water partition coefficient (Wildman–Crippen LogP) is 4.18. The first-order valence-corrected chi connectivity index (χ1v) is 8.26. The van der Waals surface area contributed by atoms with Crippen LogP contribution in [0.4, 0.5) is 8.78 Å². The summed E-state index contributed by atoms with van der Waals surface area (Å²) in [4.78, 5) is 12.0. The first-order valence-electron chi connectivity index (χ1n) is 8.26. The normalized spacial score (nSPS) is 10.6. The molecule has 0 radical (unpaired) electrons. The van der Waals surface area contributed by atoms with Gasteiger partial charge in [0.2, 0.25) is 11.7 Å². The fraction of sp³-hybridized carbons (Fsp3) is 0.200. The van der Waals surface area contributed by atoms with Crippen molar-refractivity contribution in [3.63, 3.8) is 0 Å². The maximum atomic E-state index is 13.8. The van der Waals surface area contributed by atoms with Crippen LogP contribution in [0.3, 0.4) is 0 Å². The van der Waals surface area contributed by atoms with Gasteiger partial charge in [-0.15, -0.1) is 0 Å². The van der Waals surface area contributed by atoms with E-state index in [9.17, 15) is 13.6 Å². The van der Waals surface area contributed by atoms with E-state index >= 15 is 0 Å². The third-order valence-electron chi connectivity index (χ3n) is 4.24. The second kappa shape index (κ2) is 7.67. The summed E-state index contributed by atoms with van der Waals surface area (Å²) in [6, 6.07) is 6.78. The number of carbonyl (C=O) groups excluding carboxylic acids is 1. The van der Waals surface area contributed by atoms with Crippen molar-refractivity contribution in [3.8, 4) is 39.6 Å². The van der Waals surface area contributed by atoms with Gasteiger partial charge in [0.25, 0.3) is 0 Å². The lowest BCUT2D eigenvalue weighted by Gasteiger charge is -2.15. The van der Waals surface area contributed by atoms with E-state index in [0.717, 1.165) is 16.8 Å². The molecule has 0 amide bonds. The Balaban J connectivity index is 2.29. The number of hydrogen-bond acceptors (Lipinski definition) is 5. The van der Waals surface area contributed by atoms with Crippen molar-refractivity contribution in [3.05, 3.63) is 48.2 Å². The van der Waals surface area contributed by atoms with Crippen molar-refractivity contribution in [2.24, 2.45) is 0 Å². The van der Waals surface area contributed by atoms with Crippen molar-refractivity contribution in [2.45, 2.75) is 6.92 Å². The first kappa shape index (κ1) is 19.3. The molecule has 28 heavy (non-hydrogen) atoms. The van der Waals surface area contributed by atoms with Crippen molar-refractivity contribution in [1.82, 2.24) is 9.78 Å². The molecule has 6 nitrogen and oxygen atoms in total. The zero-order valence-electron chi connectivity index (χ0n) is 15.7. The van der Waals surface area contributed by atoms with Crippen LogP contribution < -0.4 is 14.2 Å². The molecule has 1 heterocycles. The Morgan fingerprint density at radius 2 is 1.57 bits per heavy atom. The third kappa shape index (κ3) is 3.28. The topological polar surface area (TPSA) is 62.6 Å². The average molecular weight is 388 g/mol. The Hall–Kier alpha value is -3.42. The highest BCUT2D eigenvalue weighted by atomic mass is 19.2. The first-order chi connectivity index (χ1) is 13.4. The van der Waals surface area contributed by atoms with E-state index in [-0.39, 0.29) is 5.91 Å². The van der Waals surface area contributed by atoms with Gasteiger partial charge in [0, 0.05) is 18.1 Å². The molecule has 3 aromatic rings. The summed E-state index contributed by atoms with van der Waals surface area (Å²) >= 11 is 0. The molecule has 0 saturated heterocycles. The van der Waals surface area contributed by atoms with Crippen LogP contribution in [0.15, 0.2) is 36.5 Å². The minimum Gasteiger partial charge on any atom is -0.493 e. The van der Waals surface area contributed by atoms with Gasteiger partial charge in [0.15, 0.2) is 23.1 Å². The minimum absolute atomic E-state index is 0.301. The van der Waals surface area contributed by atoms with Crippen LogP contribution in [-0.4, -0.2) is 37.0 Å². The SMILES string of the molecule is COc1cc(-c2cnn(C(C)=O)c2-c2ccc(F)c(F)c2)cc(OC)c1OC. The standard InChI is InChI=1S/C20H18F2N2O4/c1-11(25)24-19(12-5-6-15(21)16(22)7-12)14(10-23-24)13-8-17(26-2)20(28-4)18(9-13)27-3/h5-10H,1-4H3. The van der Waals surface area contributed by atoms with Gasteiger partial charge < -0.3 is 14.2 Å². The Bertz CT molecular complexity index is 1020. The molecule has 0 unspecified atom stereocenters. The van der Waals surface area contributed by atoms with E-state index in [1.165, 1.54) is 40.5 Å². The molecule has 0 fully saturated rings. The molecule has 1 aromatic heterocycles. The zero-order valence-corrected chi connectivity index (χ0v) is 15.7. The van der Waals surface area contributed by atoms with Gasteiger partial charge in [-0.2, -0.15) is 9.78 Å². The summed E-state index contributed by atoms with van der Waals surface area (Å²) in [5.41, 5.74) is 1.73. The fourth-order valence-corrected chi connectivity index (χ4v) is 2.96. The van der Waals surface area contributed by atoms with E-state index < -0.39 is 11.6 Å². The number of aromatic nitrogens is 2. The molecule has 0 saturated carbocycles. The Labute approximate surface area is 160 Å². The lowest BCUT2D eigenvalue weighted by Crippen LogP contribution is -2.09. The molecular formula is C20H18F2N2O4. The second-order valence-corrected chi connectivity index (χ2v) is 5.88. The van der Waals surface area contributed by atoms with Crippen LogP contribution in [0.2, 0.25) is 0 Å². The van der Waals surface area contributed by atoms with Gasteiger partial charge in [0.05, 0.1) is 33.2 Å². The maximum absolute atomic E-state index is 13.8. The average Bonchev–Trinajstić information content (AvgIpc) is 3.14. The number of ether oxygens (including phenoxy) is 3. The Kier molecular flexibility index (Phi) is 5.30. The van der Waals surface area contributed by atoms with E-state index in [1.807, 2.05) is 0 Å². The molecular weight excluding hydrogens is 370 g/mol. The van der Waals surface area contributed by atoms with Gasteiger partial charge in [-0.1, -0.05) is 0 Å². The van der Waals surface area contributed by atoms with Crippen LogP contribution in [0.25, 0.3) is 22.4 Å². The van der Waals surface area contributed by atoms with E-state index in [2.05, 4.69) is 5.10 Å². The van der Waals surface area contributed by atoms with Crippen LogP contribution >= 0.6 is 0 Å². The van der Waals surface area contributed by atoms with Gasteiger partial charge in [-0.25, -0.2) is 8.78 Å². The number of rotatable bonds is 5. The summed E-state index contributed by atoms with van der Waals surface area (Å²) in [7, 11) is 4.45. The Morgan fingerprint density at radius 3 is 2.07 bits per heavy atom. The molecule has 0 aliphatic heterocycles. The highest BCUT2D eigenvalue weighted by Crippen LogP contribution is 2.43. The van der Waals surface area contributed by atoms with Gasteiger partial charge in [-0.05, 0) is 35.9 Å². The molecule has 0 aliphatic rings. The van der Waals surface area contributed by atoms with E-state index in [1.54, 1.807) is 12.1 Å². The lowest BCUT2D eigenvalue weighted by atomic mass is 10.0.